The van der Waals surface area contributed by atoms with Crippen molar-refractivity contribution in [2.75, 3.05) is 6.54 Å². The van der Waals surface area contributed by atoms with E-state index in [1.54, 1.807) is 4.57 Å². The second-order valence-corrected chi connectivity index (χ2v) is 6.08. The van der Waals surface area contributed by atoms with Crippen molar-refractivity contribution in [3.05, 3.63) is 18.7 Å². The van der Waals surface area contributed by atoms with Gasteiger partial charge in [0.15, 0.2) is 0 Å². The Labute approximate surface area is 139 Å². The van der Waals surface area contributed by atoms with E-state index in [2.05, 4.69) is 18.7 Å². The molecule has 2 rings (SSSR count). The van der Waals surface area contributed by atoms with Gasteiger partial charge in [0.05, 0.1) is 7.05 Å². The van der Waals surface area contributed by atoms with Crippen LogP contribution in [0, 0.1) is 5.92 Å². The zero-order valence-electron chi connectivity index (χ0n) is 12.8. The molecule has 4 nitrogen and oxygen atoms in total. The second-order valence-electron chi connectivity index (χ2n) is 6.08. The first-order valence-corrected chi connectivity index (χ1v) is 7.42. The van der Waals surface area contributed by atoms with Crippen molar-refractivity contribution in [1.82, 2.24) is 9.47 Å². The molecule has 0 saturated heterocycles. The van der Waals surface area contributed by atoms with Gasteiger partial charge in [0.1, 0.15) is 12.4 Å². The smallest absolute Gasteiger partial charge is 0.416 e. The Morgan fingerprint density at radius 3 is 2.55 bits per heavy atom. The number of hydrogen-bond donors (Lipinski definition) is 0. The molecule has 1 aliphatic rings. The van der Waals surface area contributed by atoms with E-state index in [1.807, 2.05) is 30.3 Å². The summed E-state index contributed by atoms with van der Waals surface area (Å²) in [5.74, 6) is 0.637. The van der Waals surface area contributed by atoms with Crippen LogP contribution in [0.15, 0.2) is 18.7 Å². The van der Waals surface area contributed by atoms with Crippen molar-refractivity contribution in [1.29, 1.82) is 0 Å². The molecule has 0 atom stereocenters. The highest BCUT2D eigenvalue weighted by Gasteiger charge is 2.30. The van der Waals surface area contributed by atoms with Gasteiger partial charge < -0.3 is 28.9 Å². The van der Waals surface area contributed by atoms with E-state index >= 15 is 0 Å². The van der Waals surface area contributed by atoms with Crippen LogP contribution in [0.2, 0.25) is 0 Å². The number of carbonyl (C=O) groups excluding carboxylic acids is 1. The van der Waals surface area contributed by atoms with Crippen LogP contribution >= 0.6 is 0 Å². The van der Waals surface area contributed by atoms with Crippen LogP contribution < -0.4 is 28.5 Å². The van der Waals surface area contributed by atoms with E-state index in [1.165, 1.54) is 12.8 Å². The number of aromatic nitrogens is 2. The monoisotopic (exact) mass is 391 g/mol. The summed E-state index contributed by atoms with van der Waals surface area (Å²) in [4.78, 5) is 14.7. The van der Waals surface area contributed by atoms with Gasteiger partial charge in [-0.2, -0.15) is 4.57 Å². The molecule has 0 unspecified atom stereocenters. The molecular formula is C15H26IN3O. The largest absolute Gasteiger partial charge is 1.00 e. The van der Waals surface area contributed by atoms with Crippen molar-refractivity contribution in [3.63, 3.8) is 0 Å². The summed E-state index contributed by atoms with van der Waals surface area (Å²) in [6.45, 7) is 5.31. The standard InChI is InChI=1S/C15H26N3O.HI/c1-13(2)8-9-18(14-6-4-5-7-14)15(19)17-11-10-16(3)12-17;/h10-14H,4-9H2,1-3H3;1H/q+1;/p-1. The number of aryl methyl sites for hydroxylation is 1. The van der Waals surface area contributed by atoms with Crippen molar-refractivity contribution >= 4 is 6.03 Å². The lowest BCUT2D eigenvalue weighted by Gasteiger charge is -2.27. The number of halogens is 1. The van der Waals surface area contributed by atoms with E-state index in [0.717, 1.165) is 25.8 Å². The van der Waals surface area contributed by atoms with Gasteiger partial charge in [-0.25, -0.2) is 9.36 Å². The molecule has 1 amide bonds. The van der Waals surface area contributed by atoms with E-state index in [-0.39, 0.29) is 30.0 Å². The molecule has 114 valence electrons. The maximum absolute atomic E-state index is 12.6. The minimum Gasteiger partial charge on any atom is -1.00 e. The maximum Gasteiger partial charge on any atom is 0.416 e. The number of nitrogens with zero attached hydrogens (tertiary/aromatic N) is 3. The summed E-state index contributed by atoms with van der Waals surface area (Å²) < 4.78 is 3.62. The summed E-state index contributed by atoms with van der Waals surface area (Å²) in [6.07, 6.45) is 11.5. The molecule has 5 heteroatoms. The minimum absolute atomic E-state index is 0. The fraction of sp³-hybridized carbons (Fsp3) is 0.733. The average Bonchev–Trinajstić information content (AvgIpc) is 3.00. The SMILES string of the molecule is CC(C)CCN(C(=O)n1cc[n+](C)c1)C1CCCC1.[I-]. The predicted molar refractivity (Wildman–Crippen MR) is 74.8 cm³/mol. The summed E-state index contributed by atoms with van der Waals surface area (Å²) in [5.41, 5.74) is 0. The molecule has 1 fully saturated rings. The molecule has 1 aromatic rings. The van der Waals surface area contributed by atoms with Gasteiger partial charge in [0.2, 0.25) is 0 Å². The van der Waals surface area contributed by atoms with Gasteiger partial charge in [-0.1, -0.05) is 26.7 Å². The third-order valence-electron chi connectivity index (χ3n) is 3.95. The van der Waals surface area contributed by atoms with Gasteiger partial charge >= 0.3 is 6.03 Å². The summed E-state index contributed by atoms with van der Waals surface area (Å²) in [7, 11) is 1.94. The number of rotatable bonds is 4. The Kier molecular flexibility index (Phi) is 6.99. The lowest BCUT2D eigenvalue weighted by atomic mass is 10.1. The number of hydrogen-bond acceptors (Lipinski definition) is 1. The van der Waals surface area contributed by atoms with Crippen LogP contribution in [0.4, 0.5) is 4.79 Å². The van der Waals surface area contributed by atoms with Crippen molar-refractivity contribution in [3.8, 4) is 0 Å². The Morgan fingerprint density at radius 2 is 2.05 bits per heavy atom. The number of imidazole rings is 1. The molecule has 1 heterocycles. The van der Waals surface area contributed by atoms with Crippen molar-refractivity contribution in [2.45, 2.75) is 52.0 Å². The van der Waals surface area contributed by atoms with E-state index in [9.17, 15) is 4.79 Å². The van der Waals surface area contributed by atoms with Crippen LogP contribution in [0.3, 0.4) is 0 Å². The zero-order valence-corrected chi connectivity index (χ0v) is 14.9. The van der Waals surface area contributed by atoms with Crippen LogP contribution in [0.25, 0.3) is 0 Å². The molecule has 1 aliphatic carbocycles. The first kappa shape index (κ1) is 17.5. The van der Waals surface area contributed by atoms with Gasteiger partial charge in [0, 0.05) is 12.6 Å². The molecule has 0 spiro atoms. The first-order valence-electron chi connectivity index (χ1n) is 7.42. The van der Waals surface area contributed by atoms with Gasteiger partial charge in [-0.15, -0.1) is 0 Å². The Hall–Kier alpha value is -0.590. The topological polar surface area (TPSA) is 29.1 Å². The van der Waals surface area contributed by atoms with Gasteiger partial charge in [-0.05, 0) is 25.2 Å². The Balaban J connectivity index is 0.00000200. The summed E-state index contributed by atoms with van der Waals surface area (Å²) >= 11 is 0. The molecule has 0 bridgehead atoms. The molecule has 1 aromatic heterocycles. The highest BCUT2D eigenvalue weighted by atomic mass is 127. The predicted octanol–water partition coefficient (Wildman–Crippen LogP) is -0.425. The zero-order chi connectivity index (χ0) is 13.8. The Bertz CT molecular complexity index is 425. The lowest BCUT2D eigenvalue weighted by molar-refractivity contribution is -0.670. The van der Waals surface area contributed by atoms with Crippen LogP contribution in [0.1, 0.15) is 46.0 Å². The van der Waals surface area contributed by atoms with E-state index in [4.69, 9.17) is 0 Å². The summed E-state index contributed by atoms with van der Waals surface area (Å²) in [5, 5.41) is 0. The average molecular weight is 391 g/mol. The van der Waals surface area contributed by atoms with Crippen LogP contribution in [-0.2, 0) is 7.05 Å². The third kappa shape index (κ3) is 4.46. The maximum atomic E-state index is 12.6. The molecule has 20 heavy (non-hydrogen) atoms. The molecule has 0 aliphatic heterocycles. The van der Waals surface area contributed by atoms with Crippen LogP contribution in [-0.4, -0.2) is 28.1 Å². The molecule has 0 aromatic carbocycles. The first-order chi connectivity index (χ1) is 9.08. The van der Waals surface area contributed by atoms with Crippen LogP contribution in [0.5, 0.6) is 0 Å². The molecule has 0 radical (unpaired) electrons. The third-order valence-corrected chi connectivity index (χ3v) is 3.95. The van der Waals surface area contributed by atoms with Gasteiger partial charge in [0.25, 0.3) is 6.33 Å². The quantitative estimate of drug-likeness (QED) is 0.506. The molecular weight excluding hydrogens is 365 g/mol. The normalized spacial score (nSPS) is 15.4. The van der Waals surface area contributed by atoms with E-state index < -0.39 is 0 Å². The minimum atomic E-state index is 0. The highest BCUT2D eigenvalue weighted by Crippen LogP contribution is 2.24. The fourth-order valence-corrected chi connectivity index (χ4v) is 2.76. The van der Waals surface area contributed by atoms with Crippen molar-refractivity contribution < 1.29 is 33.3 Å². The number of carbonyl (C=O) groups is 1. The Morgan fingerprint density at radius 1 is 1.40 bits per heavy atom. The van der Waals surface area contributed by atoms with E-state index in [0.29, 0.717) is 12.0 Å². The fourth-order valence-electron chi connectivity index (χ4n) is 2.76. The lowest BCUT2D eigenvalue weighted by Crippen LogP contribution is -3.00. The number of amides is 1. The second kappa shape index (κ2) is 8.00. The molecule has 0 N–H and O–H groups in total. The molecule has 1 saturated carbocycles. The highest BCUT2D eigenvalue weighted by molar-refractivity contribution is 5.76. The van der Waals surface area contributed by atoms with Crippen molar-refractivity contribution in [2.24, 2.45) is 13.0 Å². The summed E-state index contributed by atoms with van der Waals surface area (Å²) in [6, 6.07) is 0.576. The van der Waals surface area contributed by atoms with Gasteiger partial charge in [-0.3, -0.25) is 0 Å².